The highest BCUT2D eigenvalue weighted by molar-refractivity contribution is 5.98. The monoisotopic (exact) mass is 243 g/mol. The Kier molecular flexibility index (Phi) is 2.45. The van der Waals surface area contributed by atoms with E-state index in [0.29, 0.717) is 18.5 Å². The maximum Gasteiger partial charge on any atom is 0.336 e. The molecule has 0 saturated heterocycles. The predicted octanol–water partition coefficient (Wildman–Crippen LogP) is 2.35. The van der Waals surface area contributed by atoms with E-state index in [1.807, 2.05) is 19.1 Å². The number of rotatable bonds is 2. The number of aryl methyl sites for hydroxylation is 1. The minimum Gasteiger partial charge on any atom is -0.464 e. The van der Waals surface area contributed by atoms with Gasteiger partial charge in [-0.05, 0) is 37.6 Å². The standard InChI is InChI=1S/C14H13NO3/c1-8-6-12(16)18-14-10(2-4-15)13-9(3-5-17-13)7-11(8)14/h3,5-7H,2,4,15H2,1H3. The summed E-state index contributed by atoms with van der Waals surface area (Å²) in [6, 6.07) is 5.38. The largest absolute Gasteiger partial charge is 0.464 e. The van der Waals surface area contributed by atoms with Gasteiger partial charge < -0.3 is 14.6 Å². The lowest BCUT2D eigenvalue weighted by molar-refractivity contribution is 0.552. The third kappa shape index (κ3) is 1.54. The zero-order chi connectivity index (χ0) is 12.7. The Labute approximate surface area is 103 Å². The van der Waals surface area contributed by atoms with Gasteiger partial charge in [0, 0.05) is 22.4 Å². The first kappa shape index (κ1) is 11.0. The molecule has 0 radical (unpaired) electrons. The van der Waals surface area contributed by atoms with E-state index in [4.69, 9.17) is 14.6 Å². The molecule has 1 aromatic carbocycles. The first-order valence-corrected chi connectivity index (χ1v) is 5.84. The molecular weight excluding hydrogens is 230 g/mol. The third-order valence-corrected chi connectivity index (χ3v) is 3.14. The van der Waals surface area contributed by atoms with E-state index in [0.717, 1.165) is 27.5 Å². The Morgan fingerprint density at radius 2 is 2.11 bits per heavy atom. The molecule has 18 heavy (non-hydrogen) atoms. The van der Waals surface area contributed by atoms with E-state index < -0.39 is 0 Å². The Hall–Kier alpha value is -2.07. The highest BCUT2D eigenvalue weighted by Crippen LogP contribution is 2.30. The SMILES string of the molecule is Cc1cc(=O)oc2c(CCN)c3occc3cc12. The topological polar surface area (TPSA) is 69.4 Å². The van der Waals surface area contributed by atoms with Crippen LogP contribution >= 0.6 is 0 Å². The zero-order valence-corrected chi connectivity index (χ0v) is 10.0. The number of furan rings is 1. The summed E-state index contributed by atoms with van der Waals surface area (Å²) in [5, 5.41) is 1.94. The van der Waals surface area contributed by atoms with Crippen LogP contribution in [0.5, 0.6) is 0 Å². The second-order valence-corrected chi connectivity index (χ2v) is 4.36. The smallest absolute Gasteiger partial charge is 0.336 e. The summed E-state index contributed by atoms with van der Waals surface area (Å²) in [7, 11) is 0. The highest BCUT2D eigenvalue weighted by atomic mass is 16.4. The number of benzene rings is 1. The highest BCUT2D eigenvalue weighted by Gasteiger charge is 2.14. The molecule has 0 spiro atoms. The van der Waals surface area contributed by atoms with Crippen molar-refractivity contribution in [1.29, 1.82) is 0 Å². The normalized spacial score (nSPS) is 11.4. The Morgan fingerprint density at radius 3 is 2.89 bits per heavy atom. The van der Waals surface area contributed by atoms with Crippen LogP contribution in [-0.4, -0.2) is 6.54 Å². The van der Waals surface area contributed by atoms with Crippen molar-refractivity contribution in [2.24, 2.45) is 5.73 Å². The fourth-order valence-corrected chi connectivity index (χ4v) is 2.33. The van der Waals surface area contributed by atoms with Crippen LogP contribution in [0.15, 0.2) is 38.1 Å². The second-order valence-electron chi connectivity index (χ2n) is 4.36. The lowest BCUT2D eigenvalue weighted by Crippen LogP contribution is -2.06. The lowest BCUT2D eigenvalue weighted by atomic mass is 10.0. The van der Waals surface area contributed by atoms with Crippen molar-refractivity contribution in [2.45, 2.75) is 13.3 Å². The molecular formula is C14H13NO3. The molecule has 0 fully saturated rings. The molecule has 0 atom stereocenters. The number of hydrogen-bond donors (Lipinski definition) is 1. The minimum absolute atomic E-state index is 0.343. The molecule has 0 saturated carbocycles. The molecule has 0 aliphatic heterocycles. The van der Waals surface area contributed by atoms with Crippen LogP contribution in [0.2, 0.25) is 0 Å². The van der Waals surface area contributed by atoms with Crippen LogP contribution in [0.25, 0.3) is 21.9 Å². The molecule has 0 bridgehead atoms. The van der Waals surface area contributed by atoms with E-state index in [1.165, 1.54) is 6.07 Å². The van der Waals surface area contributed by atoms with E-state index in [1.54, 1.807) is 6.26 Å². The third-order valence-electron chi connectivity index (χ3n) is 3.14. The summed E-state index contributed by atoms with van der Waals surface area (Å²) >= 11 is 0. The predicted molar refractivity (Wildman–Crippen MR) is 69.8 cm³/mol. The molecule has 4 nitrogen and oxygen atoms in total. The number of nitrogens with two attached hydrogens (primary N) is 1. The van der Waals surface area contributed by atoms with Gasteiger partial charge in [0.2, 0.25) is 0 Å². The number of hydrogen-bond acceptors (Lipinski definition) is 4. The summed E-state index contributed by atoms with van der Waals surface area (Å²) in [6.45, 7) is 2.38. The first-order valence-electron chi connectivity index (χ1n) is 5.84. The summed E-state index contributed by atoms with van der Waals surface area (Å²) in [5.41, 5.74) is 8.40. The van der Waals surface area contributed by atoms with Gasteiger partial charge in [-0.2, -0.15) is 0 Å². The molecule has 0 aliphatic carbocycles. The van der Waals surface area contributed by atoms with E-state index in [2.05, 4.69) is 0 Å². The van der Waals surface area contributed by atoms with Crippen LogP contribution in [-0.2, 0) is 6.42 Å². The average Bonchev–Trinajstić information content (AvgIpc) is 2.78. The first-order chi connectivity index (χ1) is 8.70. The maximum atomic E-state index is 11.5. The molecule has 0 aliphatic rings. The van der Waals surface area contributed by atoms with E-state index in [9.17, 15) is 4.79 Å². The molecule has 2 aromatic heterocycles. The molecule has 4 heteroatoms. The van der Waals surface area contributed by atoms with Crippen molar-refractivity contribution in [3.8, 4) is 0 Å². The fourth-order valence-electron chi connectivity index (χ4n) is 2.33. The zero-order valence-electron chi connectivity index (χ0n) is 10.0. The summed E-state index contributed by atoms with van der Waals surface area (Å²) < 4.78 is 10.8. The van der Waals surface area contributed by atoms with Gasteiger partial charge in [0.05, 0.1) is 6.26 Å². The molecule has 92 valence electrons. The minimum atomic E-state index is -0.343. The second kappa shape index (κ2) is 3.99. The van der Waals surface area contributed by atoms with Gasteiger partial charge in [0.15, 0.2) is 0 Å². The van der Waals surface area contributed by atoms with Crippen LogP contribution in [0, 0.1) is 6.92 Å². The van der Waals surface area contributed by atoms with E-state index >= 15 is 0 Å². The van der Waals surface area contributed by atoms with Crippen molar-refractivity contribution in [2.75, 3.05) is 6.54 Å². The number of fused-ring (bicyclic) bond motifs is 2. The fraction of sp³-hybridized carbons (Fsp3) is 0.214. The van der Waals surface area contributed by atoms with Crippen LogP contribution in [0.3, 0.4) is 0 Å². The van der Waals surface area contributed by atoms with Crippen LogP contribution in [0.1, 0.15) is 11.1 Å². The van der Waals surface area contributed by atoms with Crippen molar-refractivity contribution in [3.63, 3.8) is 0 Å². The summed E-state index contributed by atoms with van der Waals surface area (Å²) in [6.07, 6.45) is 2.25. The van der Waals surface area contributed by atoms with Gasteiger partial charge in [-0.1, -0.05) is 0 Å². The maximum absolute atomic E-state index is 11.5. The van der Waals surface area contributed by atoms with Gasteiger partial charge in [-0.25, -0.2) is 4.79 Å². The Bertz CT molecular complexity index is 783. The van der Waals surface area contributed by atoms with E-state index in [-0.39, 0.29) is 5.63 Å². The average molecular weight is 243 g/mol. The summed E-state index contributed by atoms with van der Waals surface area (Å²) in [5.74, 6) is 0. The van der Waals surface area contributed by atoms with Crippen molar-refractivity contribution in [1.82, 2.24) is 0 Å². The van der Waals surface area contributed by atoms with Crippen LogP contribution in [0.4, 0.5) is 0 Å². The van der Waals surface area contributed by atoms with Crippen molar-refractivity contribution < 1.29 is 8.83 Å². The van der Waals surface area contributed by atoms with Gasteiger partial charge in [0.1, 0.15) is 11.2 Å². The molecule has 3 aromatic rings. The Morgan fingerprint density at radius 1 is 1.28 bits per heavy atom. The molecule has 3 rings (SSSR count). The molecule has 2 heterocycles. The van der Waals surface area contributed by atoms with Crippen molar-refractivity contribution in [3.05, 3.63) is 46.0 Å². The van der Waals surface area contributed by atoms with Gasteiger partial charge >= 0.3 is 5.63 Å². The Balaban J connectivity index is 2.54. The van der Waals surface area contributed by atoms with Gasteiger partial charge in [0.25, 0.3) is 0 Å². The quantitative estimate of drug-likeness (QED) is 0.701. The molecule has 0 unspecified atom stereocenters. The van der Waals surface area contributed by atoms with Gasteiger partial charge in [-0.15, -0.1) is 0 Å². The molecule has 0 amide bonds. The summed E-state index contributed by atoms with van der Waals surface area (Å²) in [4.78, 5) is 11.5. The van der Waals surface area contributed by atoms with Gasteiger partial charge in [-0.3, -0.25) is 0 Å². The molecule has 2 N–H and O–H groups in total. The van der Waals surface area contributed by atoms with Crippen molar-refractivity contribution >= 4 is 21.9 Å². The van der Waals surface area contributed by atoms with Crippen LogP contribution < -0.4 is 11.4 Å². The lowest BCUT2D eigenvalue weighted by Gasteiger charge is -2.07.